The summed E-state index contributed by atoms with van der Waals surface area (Å²) in [6.45, 7) is 1.82. The molecule has 0 aliphatic carbocycles. The van der Waals surface area contributed by atoms with Gasteiger partial charge in [-0.05, 0) is 19.4 Å². The zero-order chi connectivity index (χ0) is 7.61. The molecule has 0 aromatic heterocycles. The molecule has 1 heterocycles. The number of piperidine rings is 1. The SMILES string of the molecule is FC(F)(F)C1[CH]NCCC1. The van der Waals surface area contributed by atoms with Crippen LogP contribution in [-0.2, 0) is 0 Å². The summed E-state index contributed by atoms with van der Waals surface area (Å²) in [5, 5.41) is 2.60. The number of hydrogen-bond acceptors (Lipinski definition) is 1. The van der Waals surface area contributed by atoms with Crippen LogP contribution in [0.1, 0.15) is 12.8 Å². The molecule has 1 rings (SSSR count). The normalized spacial score (nSPS) is 28.5. The minimum atomic E-state index is -4.05. The fourth-order valence-electron chi connectivity index (χ4n) is 0.991. The van der Waals surface area contributed by atoms with E-state index in [1.807, 2.05) is 0 Å². The monoisotopic (exact) mass is 152 g/mol. The second-order valence-corrected chi connectivity index (χ2v) is 2.41. The van der Waals surface area contributed by atoms with Gasteiger partial charge in [0.1, 0.15) is 0 Å². The van der Waals surface area contributed by atoms with E-state index in [4.69, 9.17) is 0 Å². The van der Waals surface area contributed by atoms with Crippen molar-refractivity contribution in [2.24, 2.45) is 5.92 Å². The Morgan fingerprint density at radius 1 is 1.40 bits per heavy atom. The first-order chi connectivity index (χ1) is 4.61. The third kappa shape index (κ3) is 1.87. The quantitative estimate of drug-likeness (QED) is 0.557. The van der Waals surface area contributed by atoms with Gasteiger partial charge in [0.05, 0.1) is 5.92 Å². The molecular formula is C6H9F3N. The van der Waals surface area contributed by atoms with Crippen molar-refractivity contribution >= 4 is 0 Å². The maximum absolute atomic E-state index is 11.9. The number of rotatable bonds is 0. The molecule has 1 radical (unpaired) electrons. The van der Waals surface area contributed by atoms with Gasteiger partial charge in [0, 0.05) is 6.54 Å². The first-order valence-corrected chi connectivity index (χ1v) is 3.24. The number of nitrogens with one attached hydrogen (secondary N) is 1. The van der Waals surface area contributed by atoms with E-state index in [-0.39, 0.29) is 6.42 Å². The Hall–Kier alpha value is -0.250. The van der Waals surface area contributed by atoms with Crippen LogP contribution in [0.2, 0.25) is 0 Å². The van der Waals surface area contributed by atoms with Crippen LogP contribution >= 0.6 is 0 Å². The maximum Gasteiger partial charge on any atom is 0.393 e. The summed E-state index contributed by atoms with van der Waals surface area (Å²) >= 11 is 0. The van der Waals surface area contributed by atoms with Crippen LogP contribution in [0.25, 0.3) is 0 Å². The minimum absolute atomic E-state index is 0.233. The van der Waals surface area contributed by atoms with Gasteiger partial charge in [-0.1, -0.05) is 0 Å². The first kappa shape index (κ1) is 7.85. The molecule has 1 unspecified atom stereocenters. The Morgan fingerprint density at radius 3 is 2.40 bits per heavy atom. The molecule has 1 nitrogen and oxygen atoms in total. The van der Waals surface area contributed by atoms with Gasteiger partial charge in [-0.25, -0.2) is 0 Å². The maximum atomic E-state index is 11.9. The van der Waals surface area contributed by atoms with Crippen LogP contribution in [0, 0.1) is 12.5 Å². The van der Waals surface area contributed by atoms with Gasteiger partial charge < -0.3 is 5.32 Å². The molecule has 0 aromatic carbocycles. The van der Waals surface area contributed by atoms with E-state index in [9.17, 15) is 13.2 Å². The van der Waals surface area contributed by atoms with Crippen LogP contribution in [0.5, 0.6) is 0 Å². The zero-order valence-corrected chi connectivity index (χ0v) is 5.41. The second-order valence-electron chi connectivity index (χ2n) is 2.41. The Kier molecular flexibility index (Phi) is 2.18. The standard InChI is InChI=1S/C6H9F3N/c7-6(8,9)5-2-1-3-10-4-5/h4-5,10H,1-3H2. The van der Waals surface area contributed by atoms with Gasteiger partial charge >= 0.3 is 6.18 Å². The van der Waals surface area contributed by atoms with E-state index in [1.54, 1.807) is 0 Å². The lowest BCUT2D eigenvalue weighted by Gasteiger charge is -2.24. The molecule has 0 aromatic rings. The highest BCUT2D eigenvalue weighted by Gasteiger charge is 2.39. The molecule has 4 heteroatoms. The topological polar surface area (TPSA) is 12.0 Å². The van der Waals surface area contributed by atoms with Gasteiger partial charge in [-0.2, -0.15) is 13.2 Å². The van der Waals surface area contributed by atoms with Gasteiger partial charge in [-0.15, -0.1) is 0 Å². The second kappa shape index (κ2) is 2.78. The molecule has 1 fully saturated rings. The highest BCUT2D eigenvalue weighted by Crippen LogP contribution is 2.32. The summed E-state index contributed by atoms with van der Waals surface area (Å²) < 4.78 is 35.6. The largest absolute Gasteiger partial charge is 0.393 e. The number of halogens is 3. The zero-order valence-electron chi connectivity index (χ0n) is 5.41. The van der Waals surface area contributed by atoms with Crippen molar-refractivity contribution in [2.75, 3.05) is 6.54 Å². The van der Waals surface area contributed by atoms with Crippen molar-refractivity contribution < 1.29 is 13.2 Å². The molecule has 59 valence electrons. The summed E-state index contributed by atoms with van der Waals surface area (Å²) in [7, 11) is 0. The highest BCUT2D eigenvalue weighted by atomic mass is 19.4. The lowest BCUT2D eigenvalue weighted by Crippen LogP contribution is -2.34. The molecule has 1 atom stereocenters. The van der Waals surface area contributed by atoms with Crippen molar-refractivity contribution in [3.05, 3.63) is 6.54 Å². The summed E-state index contributed by atoms with van der Waals surface area (Å²) in [6.07, 6.45) is -3.20. The summed E-state index contributed by atoms with van der Waals surface area (Å²) in [4.78, 5) is 0. The highest BCUT2D eigenvalue weighted by molar-refractivity contribution is 4.84. The molecule has 1 aliphatic rings. The van der Waals surface area contributed by atoms with Crippen LogP contribution in [-0.4, -0.2) is 12.7 Å². The Balaban J connectivity index is 2.39. The molecule has 0 saturated carbocycles. The lowest BCUT2D eigenvalue weighted by atomic mass is 9.99. The summed E-state index contributed by atoms with van der Waals surface area (Å²) in [5.41, 5.74) is 0. The van der Waals surface area contributed by atoms with Crippen molar-refractivity contribution in [3.63, 3.8) is 0 Å². The fourth-order valence-corrected chi connectivity index (χ4v) is 0.991. The van der Waals surface area contributed by atoms with Crippen LogP contribution < -0.4 is 5.32 Å². The van der Waals surface area contributed by atoms with Crippen LogP contribution in [0.3, 0.4) is 0 Å². The predicted octanol–water partition coefficient (Wildman–Crippen LogP) is 1.71. The minimum Gasteiger partial charge on any atom is -0.312 e. The molecule has 1 N–H and O–H groups in total. The van der Waals surface area contributed by atoms with Crippen molar-refractivity contribution in [1.29, 1.82) is 0 Å². The van der Waals surface area contributed by atoms with Crippen molar-refractivity contribution in [3.8, 4) is 0 Å². The summed E-state index contributed by atoms with van der Waals surface area (Å²) in [6, 6.07) is 0. The molecular weight excluding hydrogens is 143 g/mol. The molecule has 0 amide bonds. The fraction of sp³-hybridized carbons (Fsp3) is 0.833. The van der Waals surface area contributed by atoms with Crippen LogP contribution in [0.4, 0.5) is 13.2 Å². The Labute approximate surface area is 57.6 Å². The van der Waals surface area contributed by atoms with Gasteiger partial charge in [0.15, 0.2) is 0 Å². The molecule has 1 aliphatic heterocycles. The van der Waals surface area contributed by atoms with E-state index in [1.165, 1.54) is 0 Å². The smallest absolute Gasteiger partial charge is 0.312 e. The average Bonchev–Trinajstić information content (AvgIpc) is 1.88. The number of hydrogen-bond donors (Lipinski definition) is 1. The summed E-state index contributed by atoms with van der Waals surface area (Å²) in [5.74, 6) is -1.23. The average molecular weight is 152 g/mol. The van der Waals surface area contributed by atoms with E-state index in [0.29, 0.717) is 13.0 Å². The van der Waals surface area contributed by atoms with E-state index in [0.717, 1.165) is 6.54 Å². The third-order valence-corrected chi connectivity index (χ3v) is 1.58. The van der Waals surface area contributed by atoms with E-state index >= 15 is 0 Å². The Bertz CT molecular complexity index is 104. The van der Waals surface area contributed by atoms with Gasteiger partial charge in [0.2, 0.25) is 0 Å². The first-order valence-electron chi connectivity index (χ1n) is 3.24. The third-order valence-electron chi connectivity index (χ3n) is 1.58. The Morgan fingerprint density at radius 2 is 2.10 bits per heavy atom. The molecule has 1 saturated heterocycles. The molecule has 10 heavy (non-hydrogen) atoms. The van der Waals surface area contributed by atoms with Gasteiger partial charge in [0.25, 0.3) is 0 Å². The number of alkyl halides is 3. The predicted molar refractivity (Wildman–Crippen MR) is 31.1 cm³/mol. The van der Waals surface area contributed by atoms with Crippen molar-refractivity contribution in [2.45, 2.75) is 19.0 Å². The van der Waals surface area contributed by atoms with Gasteiger partial charge in [-0.3, -0.25) is 0 Å². The van der Waals surface area contributed by atoms with Crippen molar-refractivity contribution in [1.82, 2.24) is 5.32 Å². The van der Waals surface area contributed by atoms with Crippen LogP contribution in [0.15, 0.2) is 0 Å². The van der Waals surface area contributed by atoms with E-state index in [2.05, 4.69) is 5.32 Å². The van der Waals surface area contributed by atoms with E-state index < -0.39 is 12.1 Å². The molecule has 0 bridgehead atoms. The molecule has 0 spiro atoms. The lowest BCUT2D eigenvalue weighted by molar-refractivity contribution is -0.170.